The highest BCUT2D eigenvalue weighted by molar-refractivity contribution is 7.15. The van der Waals surface area contributed by atoms with Gasteiger partial charge in [-0.25, -0.2) is 0 Å². The number of carbonyl (C=O) groups excluding carboxylic acids is 2. The fourth-order valence-electron chi connectivity index (χ4n) is 2.33. The highest BCUT2D eigenvalue weighted by Gasteiger charge is 2.36. The zero-order valence-electron chi connectivity index (χ0n) is 12.7. The zero-order valence-corrected chi connectivity index (χ0v) is 13.6. The van der Waals surface area contributed by atoms with Crippen molar-refractivity contribution in [2.75, 3.05) is 24.6 Å². The number of rotatable bonds is 8. The van der Waals surface area contributed by atoms with Crippen molar-refractivity contribution in [3.63, 3.8) is 0 Å². The summed E-state index contributed by atoms with van der Waals surface area (Å²) < 4.78 is 0. The van der Waals surface area contributed by atoms with E-state index in [1.54, 1.807) is 4.90 Å². The summed E-state index contributed by atoms with van der Waals surface area (Å²) in [6.45, 7) is 3.13. The molecule has 2 amide bonds. The maximum atomic E-state index is 12.1. The molecule has 0 aliphatic carbocycles. The first kappa shape index (κ1) is 16.8. The van der Waals surface area contributed by atoms with Crippen molar-refractivity contribution in [3.05, 3.63) is 5.01 Å². The Morgan fingerprint density at radius 3 is 2.91 bits per heavy atom. The van der Waals surface area contributed by atoms with Crippen LogP contribution in [0, 0.1) is 5.92 Å². The van der Waals surface area contributed by atoms with Crippen molar-refractivity contribution in [1.82, 2.24) is 15.5 Å². The molecule has 1 aliphatic rings. The first-order valence-corrected chi connectivity index (χ1v) is 8.48. The number of aryl methyl sites for hydroxylation is 1. The predicted molar refractivity (Wildman–Crippen MR) is 83.7 cm³/mol. The van der Waals surface area contributed by atoms with Crippen molar-refractivity contribution in [3.8, 4) is 0 Å². The summed E-state index contributed by atoms with van der Waals surface area (Å²) in [5.41, 5.74) is 0. The van der Waals surface area contributed by atoms with Crippen LogP contribution >= 0.6 is 11.3 Å². The number of carbonyl (C=O) groups is 2. The lowest BCUT2D eigenvalue weighted by Gasteiger charge is -2.12. The molecular formula is C14H22N4O3S. The predicted octanol–water partition coefficient (Wildman–Crippen LogP) is 0.732. The van der Waals surface area contributed by atoms with Gasteiger partial charge in [0.15, 0.2) is 0 Å². The quantitative estimate of drug-likeness (QED) is 0.687. The maximum Gasteiger partial charge on any atom is 0.229 e. The molecule has 1 unspecified atom stereocenters. The average Bonchev–Trinajstić information content (AvgIpc) is 3.13. The molecule has 8 heteroatoms. The summed E-state index contributed by atoms with van der Waals surface area (Å²) in [6, 6.07) is 0. The fourth-order valence-corrected chi connectivity index (χ4v) is 3.14. The summed E-state index contributed by atoms with van der Waals surface area (Å²) in [6.07, 6.45) is 3.49. The lowest BCUT2D eigenvalue weighted by molar-refractivity contribution is -0.126. The van der Waals surface area contributed by atoms with Gasteiger partial charge in [-0.15, -0.1) is 10.2 Å². The number of aliphatic hydroxyl groups is 1. The van der Waals surface area contributed by atoms with Gasteiger partial charge in [-0.1, -0.05) is 18.3 Å². The molecule has 1 atom stereocenters. The molecule has 1 aromatic rings. The molecule has 1 aliphatic heterocycles. The minimum Gasteiger partial charge on any atom is -0.396 e. The van der Waals surface area contributed by atoms with Gasteiger partial charge in [0.05, 0.1) is 5.92 Å². The Bertz CT molecular complexity index is 520. The molecule has 122 valence electrons. The lowest BCUT2D eigenvalue weighted by Crippen LogP contribution is -2.33. The highest BCUT2D eigenvalue weighted by Crippen LogP contribution is 2.28. The van der Waals surface area contributed by atoms with Gasteiger partial charge in [0.2, 0.25) is 16.9 Å². The number of anilines is 1. The Morgan fingerprint density at radius 2 is 2.23 bits per heavy atom. The summed E-state index contributed by atoms with van der Waals surface area (Å²) in [5.74, 6) is -0.473. The Morgan fingerprint density at radius 1 is 1.41 bits per heavy atom. The standard InChI is InChI=1S/C14H22N4O3S/c1-2-11-16-17-14(22-11)18-9-10(8-12(18)20)13(21)15-6-4-3-5-7-19/h10,19H,2-9H2,1H3,(H,15,21). The van der Waals surface area contributed by atoms with Gasteiger partial charge in [0.1, 0.15) is 5.01 Å². The maximum absolute atomic E-state index is 12.1. The highest BCUT2D eigenvalue weighted by atomic mass is 32.1. The summed E-state index contributed by atoms with van der Waals surface area (Å²) in [5, 5.41) is 21.1. The van der Waals surface area contributed by atoms with Gasteiger partial charge in [-0.05, 0) is 25.7 Å². The molecular weight excluding hydrogens is 304 g/mol. The van der Waals surface area contributed by atoms with Crippen molar-refractivity contribution in [2.45, 2.75) is 39.0 Å². The number of aromatic nitrogens is 2. The van der Waals surface area contributed by atoms with Crippen LogP contribution in [-0.4, -0.2) is 46.8 Å². The first-order valence-electron chi connectivity index (χ1n) is 7.67. The van der Waals surface area contributed by atoms with Gasteiger partial charge >= 0.3 is 0 Å². The van der Waals surface area contributed by atoms with Crippen LogP contribution in [0.15, 0.2) is 0 Å². The SMILES string of the molecule is CCc1nnc(N2CC(C(=O)NCCCCCO)CC2=O)s1. The average molecular weight is 326 g/mol. The van der Waals surface area contributed by atoms with Crippen LogP contribution in [0.4, 0.5) is 5.13 Å². The largest absolute Gasteiger partial charge is 0.396 e. The number of hydrogen-bond acceptors (Lipinski definition) is 6. The number of hydrogen-bond donors (Lipinski definition) is 2. The molecule has 22 heavy (non-hydrogen) atoms. The Kier molecular flexibility index (Phi) is 6.26. The van der Waals surface area contributed by atoms with Crippen LogP contribution in [0.1, 0.15) is 37.6 Å². The summed E-state index contributed by atoms with van der Waals surface area (Å²) in [7, 11) is 0. The second-order valence-electron chi connectivity index (χ2n) is 5.31. The van der Waals surface area contributed by atoms with E-state index in [4.69, 9.17) is 5.11 Å². The molecule has 1 aromatic heterocycles. The van der Waals surface area contributed by atoms with E-state index in [0.29, 0.717) is 18.2 Å². The molecule has 0 aromatic carbocycles. The molecule has 1 fully saturated rings. The van der Waals surface area contributed by atoms with Crippen LogP contribution in [0.3, 0.4) is 0 Å². The molecule has 0 saturated carbocycles. The zero-order chi connectivity index (χ0) is 15.9. The number of aliphatic hydroxyl groups excluding tert-OH is 1. The number of amides is 2. The van der Waals surface area contributed by atoms with Crippen LogP contribution in [-0.2, 0) is 16.0 Å². The van der Waals surface area contributed by atoms with E-state index in [-0.39, 0.29) is 30.8 Å². The normalized spacial score (nSPS) is 18.0. The summed E-state index contributed by atoms with van der Waals surface area (Å²) >= 11 is 1.40. The lowest BCUT2D eigenvalue weighted by atomic mass is 10.1. The number of nitrogens with one attached hydrogen (secondary N) is 1. The van der Waals surface area contributed by atoms with E-state index in [1.807, 2.05) is 6.92 Å². The molecule has 2 N–H and O–H groups in total. The van der Waals surface area contributed by atoms with Crippen molar-refractivity contribution >= 4 is 28.3 Å². The van der Waals surface area contributed by atoms with Gasteiger partial charge in [0, 0.05) is 26.1 Å². The molecule has 7 nitrogen and oxygen atoms in total. The molecule has 0 bridgehead atoms. The Hall–Kier alpha value is -1.54. The van der Waals surface area contributed by atoms with Gasteiger partial charge < -0.3 is 10.4 Å². The fraction of sp³-hybridized carbons (Fsp3) is 0.714. The van der Waals surface area contributed by atoms with E-state index in [0.717, 1.165) is 30.7 Å². The van der Waals surface area contributed by atoms with Crippen molar-refractivity contribution < 1.29 is 14.7 Å². The first-order chi connectivity index (χ1) is 10.7. The van der Waals surface area contributed by atoms with Crippen LogP contribution in [0.5, 0.6) is 0 Å². The monoisotopic (exact) mass is 326 g/mol. The van der Waals surface area contributed by atoms with Crippen LogP contribution in [0.25, 0.3) is 0 Å². The third-order valence-corrected chi connectivity index (χ3v) is 4.71. The molecule has 0 radical (unpaired) electrons. The smallest absolute Gasteiger partial charge is 0.229 e. The minimum atomic E-state index is -0.320. The number of nitrogens with zero attached hydrogens (tertiary/aromatic N) is 3. The topological polar surface area (TPSA) is 95.4 Å². The molecule has 2 heterocycles. The molecule has 1 saturated heterocycles. The van der Waals surface area contributed by atoms with Gasteiger partial charge in [-0.3, -0.25) is 14.5 Å². The molecule has 0 spiro atoms. The van der Waals surface area contributed by atoms with Crippen molar-refractivity contribution in [1.29, 1.82) is 0 Å². The van der Waals surface area contributed by atoms with Gasteiger partial charge in [-0.2, -0.15) is 0 Å². The molecule has 2 rings (SSSR count). The Labute approximate surface area is 133 Å². The minimum absolute atomic E-state index is 0.0702. The third kappa shape index (κ3) is 4.23. The van der Waals surface area contributed by atoms with Crippen LogP contribution in [0.2, 0.25) is 0 Å². The van der Waals surface area contributed by atoms with E-state index in [1.165, 1.54) is 11.3 Å². The second-order valence-corrected chi connectivity index (χ2v) is 6.35. The van der Waals surface area contributed by atoms with E-state index in [9.17, 15) is 9.59 Å². The second kappa shape index (κ2) is 8.19. The Balaban J connectivity index is 1.82. The van der Waals surface area contributed by atoms with Crippen molar-refractivity contribution in [2.24, 2.45) is 5.92 Å². The van der Waals surface area contributed by atoms with E-state index < -0.39 is 0 Å². The number of unbranched alkanes of at least 4 members (excludes halogenated alkanes) is 2. The third-order valence-electron chi connectivity index (χ3n) is 3.62. The van der Waals surface area contributed by atoms with E-state index in [2.05, 4.69) is 15.5 Å². The summed E-state index contributed by atoms with van der Waals surface area (Å²) in [4.78, 5) is 25.7. The van der Waals surface area contributed by atoms with E-state index >= 15 is 0 Å². The van der Waals surface area contributed by atoms with Gasteiger partial charge in [0.25, 0.3) is 0 Å². The van der Waals surface area contributed by atoms with Crippen LogP contribution < -0.4 is 10.2 Å².